The van der Waals surface area contributed by atoms with Crippen LogP contribution >= 0.6 is 27.7 Å². The maximum Gasteiger partial charge on any atom is 0.230 e. The molecule has 1 rings (SSSR count). The van der Waals surface area contributed by atoms with Crippen LogP contribution in [0, 0.1) is 5.92 Å². The molecule has 1 aromatic carbocycles. The lowest BCUT2D eigenvalue weighted by Crippen LogP contribution is -2.32. The monoisotopic (exact) mass is 315 g/mol. The molecule has 2 nitrogen and oxygen atoms in total. The minimum atomic E-state index is 0.0870. The van der Waals surface area contributed by atoms with E-state index in [4.69, 9.17) is 0 Å². The number of hydrogen-bond acceptors (Lipinski definition) is 2. The van der Waals surface area contributed by atoms with E-state index in [9.17, 15) is 4.79 Å². The Balaban J connectivity index is 2.22. The molecule has 0 saturated carbocycles. The van der Waals surface area contributed by atoms with Crippen LogP contribution in [0.1, 0.15) is 13.8 Å². The molecule has 0 spiro atoms. The van der Waals surface area contributed by atoms with Crippen molar-refractivity contribution < 1.29 is 4.79 Å². The summed E-state index contributed by atoms with van der Waals surface area (Å²) < 4.78 is 0. The number of carbonyl (C=O) groups is 1. The Morgan fingerprint density at radius 3 is 2.59 bits per heavy atom. The van der Waals surface area contributed by atoms with Crippen molar-refractivity contribution in [3.8, 4) is 0 Å². The van der Waals surface area contributed by atoms with Gasteiger partial charge in [-0.1, -0.05) is 48.0 Å². The molecule has 0 fully saturated rings. The van der Waals surface area contributed by atoms with Crippen LogP contribution in [0.25, 0.3) is 0 Å². The van der Waals surface area contributed by atoms with Gasteiger partial charge in [0.1, 0.15) is 0 Å². The third-order valence-corrected chi connectivity index (χ3v) is 4.72. The highest BCUT2D eigenvalue weighted by atomic mass is 79.9. The van der Waals surface area contributed by atoms with Crippen LogP contribution < -0.4 is 5.32 Å². The first-order valence-electron chi connectivity index (χ1n) is 5.68. The van der Waals surface area contributed by atoms with Crippen molar-refractivity contribution in [2.75, 3.05) is 12.3 Å². The van der Waals surface area contributed by atoms with E-state index in [1.54, 1.807) is 11.8 Å². The molecule has 0 aromatic heterocycles. The molecule has 0 radical (unpaired) electrons. The minimum Gasteiger partial charge on any atom is -0.354 e. The number of nitrogens with one attached hydrogen (secondary N) is 1. The second-order valence-corrected chi connectivity index (χ2v) is 6.39. The molecule has 94 valence electrons. The van der Waals surface area contributed by atoms with Crippen molar-refractivity contribution in [3.63, 3.8) is 0 Å². The van der Waals surface area contributed by atoms with E-state index in [1.807, 2.05) is 30.3 Å². The molecule has 0 saturated heterocycles. The fraction of sp³-hybridized carbons (Fsp3) is 0.462. The van der Waals surface area contributed by atoms with Gasteiger partial charge >= 0.3 is 0 Å². The summed E-state index contributed by atoms with van der Waals surface area (Å²) in [6.45, 7) is 4.94. The molecule has 1 unspecified atom stereocenters. The van der Waals surface area contributed by atoms with Crippen molar-refractivity contribution in [1.29, 1.82) is 0 Å². The zero-order valence-corrected chi connectivity index (χ0v) is 12.6. The lowest BCUT2D eigenvalue weighted by atomic mass is 10.1. The van der Waals surface area contributed by atoms with Gasteiger partial charge in [0.15, 0.2) is 0 Å². The molecule has 0 aliphatic heterocycles. The van der Waals surface area contributed by atoms with Crippen molar-refractivity contribution in [2.45, 2.75) is 23.6 Å². The number of amides is 1. The average Bonchev–Trinajstić information content (AvgIpc) is 2.34. The van der Waals surface area contributed by atoms with Crippen LogP contribution in [0.4, 0.5) is 0 Å². The third kappa shape index (κ3) is 6.13. The van der Waals surface area contributed by atoms with E-state index in [0.717, 1.165) is 4.90 Å². The Morgan fingerprint density at radius 1 is 1.35 bits per heavy atom. The molecule has 0 aliphatic rings. The maximum absolute atomic E-state index is 11.6. The van der Waals surface area contributed by atoms with Crippen LogP contribution in [0.3, 0.4) is 0 Å². The Labute approximate surface area is 116 Å². The van der Waals surface area contributed by atoms with E-state index in [0.29, 0.717) is 23.0 Å². The van der Waals surface area contributed by atoms with E-state index in [2.05, 4.69) is 35.1 Å². The van der Waals surface area contributed by atoms with Crippen molar-refractivity contribution >= 4 is 33.6 Å². The standard InChI is InChI=1S/C13H18BrNOS/c1-10(2)12(14)8-15-13(16)9-17-11-6-4-3-5-7-11/h3-7,10,12H,8-9H2,1-2H3,(H,15,16). The van der Waals surface area contributed by atoms with E-state index in [-0.39, 0.29) is 5.91 Å². The highest BCUT2D eigenvalue weighted by Gasteiger charge is 2.10. The van der Waals surface area contributed by atoms with Crippen LogP contribution in [-0.4, -0.2) is 23.0 Å². The quantitative estimate of drug-likeness (QED) is 0.644. The summed E-state index contributed by atoms with van der Waals surface area (Å²) >= 11 is 5.11. The van der Waals surface area contributed by atoms with Gasteiger partial charge in [0.05, 0.1) is 5.75 Å². The highest BCUT2D eigenvalue weighted by molar-refractivity contribution is 9.09. The third-order valence-electron chi connectivity index (χ3n) is 2.33. The summed E-state index contributed by atoms with van der Waals surface area (Å²) in [5.41, 5.74) is 0. The van der Waals surface area contributed by atoms with E-state index < -0.39 is 0 Å². The van der Waals surface area contributed by atoms with E-state index >= 15 is 0 Å². The Bertz CT molecular complexity index is 343. The number of halogens is 1. The Morgan fingerprint density at radius 2 is 2.00 bits per heavy atom. The first-order chi connectivity index (χ1) is 8.09. The average molecular weight is 316 g/mol. The number of alkyl halides is 1. The molecule has 0 bridgehead atoms. The first kappa shape index (κ1) is 14.6. The summed E-state index contributed by atoms with van der Waals surface area (Å²) in [7, 11) is 0. The molecular weight excluding hydrogens is 298 g/mol. The van der Waals surface area contributed by atoms with Gasteiger partial charge < -0.3 is 5.32 Å². The van der Waals surface area contributed by atoms with Crippen LogP contribution in [0.5, 0.6) is 0 Å². The van der Waals surface area contributed by atoms with Gasteiger partial charge in [0.2, 0.25) is 5.91 Å². The minimum absolute atomic E-state index is 0.0870. The fourth-order valence-electron chi connectivity index (χ4n) is 1.16. The van der Waals surface area contributed by atoms with Gasteiger partial charge in [0, 0.05) is 16.3 Å². The van der Waals surface area contributed by atoms with Gasteiger partial charge in [-0.15, -0.1) is 11.8 Å². The summed E-state index contributed by atoms with van der Waals surface area (Å²) in [6.07, 6.45) is 0. The van der Waals surface area contributed by atoms with E-state index in [1.165, 1.54) is 0 Å². The SMILES string of the molecule is CC(C)C(Br)CNC(=O)CSc1ccccc1. The summed E-state index contributed by atoms with van der Waals surface area (Å²) in [5.74, 6) is 1.09. The van der Waals surface area contributed by atoms with Crippen LogP contribution in [0.2, 0.25) is 0 Å². The smallest absolute Gasteiger partial charge is 0.230 e. The topological polar surface area (TPSA) is 29.1 Å². The molecule has 1 aromatic rings. The molecule has 1 amide bonds. The second kappa shape index (κ2) is 7.77. The molecule has 4 heteroatoms. The molecule has 0 aliphatic carbocycles. The lowest BCUT2D eigenvalue weighted by molar-refractivity contribution is -0.118. The number of carbonyl (C=O) groups excluding carboxylic acids is 1. The van der Waals surface area contributed by atoms with Crippen molar-refractivity contribution in [2.24, 2.45) is 5.92 Å². The fourth-order valence-corrected chi connectivity index (χ4v) is 2.07. The zero-order valence-electron chi connectivity index (χ0n) is 10.2. The highest BCUT2D eigenvalue weighted by Crippen LogP contribution is 2.16. The number of benzene rings is 1. The van der Waals surface area contributed by atoms with Gasteiger partial charge in [0.25, 0.3) is 0 Å². The predicted molar refractivity (Wildman–Crippen MR) is 77.7 cm³/mol. The first-order valence-corrected chi connectivity index (χ1v) is 7.58. The van der Waals surface area contributed by atoms with Gasteiger partial charge in [-0.2, -0.15) is 0 Å². The number of rotatable bonds is 6. The molecular formula is C13H18BrNOS. The number of thioether (sulfide) groups is 1. The Hall–Kier alpha value is -0.480. The molecule has 1 N–H and O–H groups in total. The summed E-state index contributed by atoms with van der Waals surface area (Å²) in [5, 5.41) is 2.93. The van der Waals surface area contributed by atoms with Gasteiger partial charge in [-0.3, -0.25) is 4.79 Å². The molecule has 1 atom stereocenters. The van der Waals surface area contributed by atoms with Crippen molar-refractivity contribution in [1.82, 2.24) is 5.32 Å². The lowest BCUT2D eigenvalue weighted by Gasteiger charge is -2.14. The normalized spacial score (nSPS) is 12.5. The summed E-state index contributed by atoms with van der Waals surface area (Å²) in [4.78, 5) is 13.1. The number of hydrogen-bond donors (Lipinski definition) is 1. The Kier molecular flexibility index (Phi) is 6.66. The second-order valence-electron chi connectivity index (χ2n) is 4.17. The predicted octanol–water partition coefficient (Wildman–Crippen LogP) is 3.31. The zero-order chi connectivity index (χ0) is 12.7. The van der Waals surface area contributed by atoms with Crippen LogP contribution in [0.15, 0.2) is 35.2 Å². The van der Waals surface area contributed by atoms with Gasteiger partial charge in [-0.25, -0.2) is 0 Å². The largest absolute Gasteiger partial charge is 0.354 e. The van der Waals surface area contributed by atoms with Crippen LogP contribution in [-0.2, 0) is 4.79 Å². The summed E-state index contributed by atoms with van der Waals surface area (Å²) in [6, 6.07) is 9.96. The van der Waals surface area contributed by atoms with Gasteiger partial charge in [-0.05, 0) is 18.1 Å². The molecule has 17 heavy (non-hydrogen) atoms. The maximum atomic E-state index is 11.6. The van der Waals surface area contributed by atoms with Crippen molar-refractivity contribution in [3.05, 3.63) is 30.3 Å². The molecule has 0 heterocycles.